The van der Waals surface area contributed by atoms with Gasteiger partial charge in [-0.15, -0.1) is 11.3 Å². The van der Waals surface area contributed by atoms with Gasteiger partial charge >= 0.3 is 0 Å². The minimum Gasteiger partial charge on any atom is -0.462 e. The summed E-state index contributed by atoms with van der Waals surface area (Å²) < 4.78 is 11.3. The predicted octanol–water partition coefficient (Wildman–Crippen LogP) is 6.15. The van der Waals surface area contributed by atoms with E-state index in [0.29, 0.717) is 0 Å². The molecule has 112 valence electrons. The second kappa shape index (κ2) is 6.20. The molecule has 22 heavy (non-hydrogen) atoms. The maximum atomic E-state index is 5.93. The molecule has 4 rings (SSSR count). The molecule has 0 aliphatic rings. The molecule has 4 aromatic rings. The minimum atomic E-state index is 0.787. The second-order valence-corrected chi connectivity index (χ2v) is 5.43. The molecular weight excluding hydrogens is 294 g/mol. The third-order valence-electron chi connectivity index (χ3n) is 3.31. The largest absolute Gasteiger partial charge is 0.462 e. The molecule has 0 aliphatic carbocycles. The Morgan fingerprint density at radius 2 is 1.86 bits per heavy atom. The highest BCUT2D eigenvalue weighted by Gasteiger charge is 2.16. The lowest BCUT2D eigenvalue weighted by molar-refractivity contribution is 0.581. The van der Waals surface area contributed by atoms with Gasteiger partial charge in [-0.1, -0.05) is 32.0 Å². The Bertz CT molecular complexity index is 872. The van der Waals surface area contributed by atoms with Gasteiger partial charge in [-0.05, 0) is 25.1 Å². The van der Waals surface area contributed by atoms with Crippen LogP contribution in [0.25, 0.3) is 33.2 Å². The number of aromatic nitrogens is 1. The van der Waals surface area contributed by atoms with Crippen molar-refractivity contribution in [2.75, 3.05) is 0 Å². The first-order valence-corrected chi connectivity index (χ1v) is 8.19. The van der Waals surface area contributed by atoms with E-state index in [1.54, 1.807) is 17.6 Å². The molecule has 3 nitrogen and oxygen atoms in total. The van der Waals surface area contributed by atoms with Gasteiger partial charge in [0.25, 0.3) is 0 Å². The Morgan fingerprint density at radius 1 is 1.05 bits per heavy atom. The summed E-state index contributed by atoms with van der Waals surface area (Å²) in [4.78, 5) is 4.61. The number of aryl methyl sites for hydroxylation is 1. The van der Waals surface area contributed by atoms with Crippen molar-refractivity contribution in [3.8, 4) is 22.2 Å². The third-order valence-corrected chi connectivity index (χ3v) is 4.17. The third kappa shape index (κ3) is 2.46. The van der Waals surface area contributed by atoms with Crippen LogP contribution < -0.4 is 0 Å². The van der Waals surface area contributed by atoms with Gasteiger partial charge in [0.1, 0.15) is 11.3 Å². The van der Waals surface area contributed by atoms with Crippen molar-refractivity contribution in [1.82, 2.24) is 4.98 Å². The van der Waals surface area contributed by atoms with Crippen molar-refractivity contribution in [3.63, 3.8) is 0 Å². The van der Waals surface area contributed by atoms with Crippen LogP contribution in [-0.2, 0) is 0 Å². The number of benzene rings is 1. The van der Waals surface area contributed by atoms with Crippen LogP contribution in [0.15, 0.2) is 56.9 Å². The maximum Gasteiger partial charge on any atom is 0.162 e. The Balaban J connectivity index is 0.000000693. The van der Waals surface area contributed by atoms with Crippen LogP contribution in [0.5, 0.6) is 0 Å². The zero-order valence-electron chi connectivity index (χ0n) is 12.8. The normalized spacial score (nSPS) is 10.5. The van der Waals surface area contributed by atoms with Crippen LogP contribution in [0.4, 0.5) is 0 Å². The summed E-state index contributed by atoms with van der Waals surface area (Å²) in [6, 6.07) is 11.8. The smallest absolute Gasteiger partial charge is 0.162 e. The Morgan fingerprint density at radius 3 is 2.59 bits per heavy atom. The highest BCUT2D eigenvalue weighted by atomic mass is 32.1. The second-order valence-electron chi connectivity index (χ2n) is 4.57. The number of thiazole rings is 1. The molecule has 0 amide bonds. The van der Waals surface area contributed by atoms with Crippen molar-refractivity contribution in [3.05, 3.63) is 53.6 Å². The van der Waals surface area contributed by atoms with E-state index < -0.39 is 0 Å². The van der Waals surface area contributed by atoms with Gasteiger partial charge in [0.2, 0.25) is 0 Å². The van der Waals surface area contributed by atoms with E-state index in [1.807, 2.05) is 49.6 Å². The molecule has 3 heterocycles. The van der Waals surface area contributed by atoms with Crippen LogP contribution in [-0.4, -0.2) is 4.98 Å². The molecule has 0 fully saturated rings. The molecule has 0 saturated carbocycles. The molecule has 1 aromatic carbocycles. The summed E-state index contributed by atoms with van der Waals surface area (Å²) in [5, 5.41) is 4.00. The van der Waals surface area contributed by atoms with Crippen molar-refractivity contribution in [2.45, 2.75) is 20.8 Å². The molecular formula is C18H17NO2S. The summed E-state index contributed by atoms with van der Waals surface area (Å²) in [6.45, 7) is 6.06. The minimum absolute atomic E-state index is 0.787. The van der Waals surface area contributed by atoms with Crippen molar-refractivity contribution < 1.29 is 8.83 Å². The van der Waals surface area contributed by atoms with Crippen LogP contribution in [0.2, 0.25) is 0 Å². The topological polar surface area (TPSA) is 39.2 Å². The molecule has 3 aromatic heterocycles. The number of hydrogen-bond donors (Lipinski definition) is 0. The number of rotatable bonds is 2. The maximum absolute atomic E-state index is 5.93. The monoisotopic (exact) mass is 311 g/mol. The predicted molar refractivity (Wildman–Crippen MR) is 91.1 cm³/mol. The van der Waals surface area contributed by atoms with Gasteiger partial charge in [0, 0.05) is 16.3 Å². The lowest BCUT2D eigenvalue weighted by Crippen LogP contribution is -1.78. The number of fused-ring (bicyclic) bond motifs is 1. The first-order chi connectivity index (χ1) is 10.8. The van der Waals surface area contributed by atoms with Gasteiger partial charge in [0.05, 0.1) is 6.26 Å². The Kier molecular flexibility index (Phi) is 4.11. The SMILES string of the molecule is CC.Cc1c(-c2csc(-c3ccco3)n2)oc2ccccc12. The van der Waals surface area contributed by atoms with Crippen molar-refractivity contribution in [2.24, 2.45) is 0 Å². The van der Waals surface area contributed by atoms with E-state index in [4.69, 9.17) is 8.83 Å². The average molecular weight is 311 g/mol. The Labute approximate surface area is 133 Å². The van der Waals surface area contributed by atoms with Gasteiger partial charge in [0.15, 0.2) is 16.5 Å². The summed E-state index contributed by atoms with van der Waals surface area (Å²) in [6.07, 6.45) is 1.66. The summed E-state index contributed by atoms with van der Waals surface area (Å²) in [5.74, 6) is 1.62. The average Bonchev–Trinajstić information content (AvgIpc) is 3.29. The van der Waals surface area contributed by atoms with E-state index >= 15 is 0 Å². The van der Waals surface area contributed by atoms with Gasteiger partial charge in [-0.25, -0.2) is 4.98 Å². The fourth-order valence-corrected chi connectivity index (χ4v) is 3.08. The fourth-order valence-electron chi connectivity index (χ4n) is 2.31. The quantitative estimate of drug-likeness (QED) is 0.445. The summed E-state index contributed by atoms with van der Waals surface area (Å²) in [5.41, 5.74) is 2.87. The molecule has 0 saturated heterocycles. The highest BCUT2D eigenvalue weighted by Crippen LogP contribution is 2.35. The van der Waals surface area contributed by atoms with E-state index in [1.165, 1.54) is 0 Å². The number of nitrogens with zero attached hydrogens (tertiary/aromatic N) is 1. The number of furan rings is 2. The van der Waals surface area contributed by atoms with Crippen molar-refractivity contribution >= 4 is 22.3 Å². The molecule has 0 unspecified atom stereocenters. The first-order valence-electron chi connectivity index (χ1n) is 7.31. The zero-order chi connectivity index (χ0) is 15.5. The van der Waals surface area contributed by atoms with Crippen molar-refractivity contribution in [1.29, 1.82) is 0 Å². The van der Waals surface area contributed by atoms with E-state index in [9.17, 15) is 0 Å². The standard InChI is InChI=1S/C16H11NO2S.C2H6/c1-10-11-5-2-3-6-13(11)19-15(10)12-9-20-16(17-12)14-7-4-8-18-14;1-2/h2-9H,1H3;1-2H3. The van der Waals surface area contributed by atoms with E-state index in [-0.39, 0.29) is 0 Å². The molecule has 0 N–H and O–H groups in total. The summed E-state index contributed by atoms with van der Waals surface area (Å²) >= 11 is 1.56. The lowest BCUT2D eigenvalue weighted by Gasteiger charge is -1.92. The number of hydrogen-bond acceptors (Lipinski definition) is 4. The first kappa shape index (κ1) is 14.6. The molecule has 4 heteroatoms. The number of para-hydroxylation sites is 1. The summed E-state index contributed by atoms with van der Waals surface area (Å²) in [7, 11) is 0. The van der Waals surface area contributed by atoms with E-state index in [0.717, 1.165) is 38.8 Å². The molecule has 0 radical (unpaired) electrons. The van der Waals surface area contributed by atoms with Gasteiger partial charge in [-0.3, -0.25) is 0 Å². The lowest BCUT2D eigenvalue weighted by atomic mass is 10.1. The molecule has 0 aliphatic heterocycles. The zero-order valence-corrected chi connectivity index (χ0v) is 13.6. The van der Waals surface area contributed by atoms with E-state index in [2.05, 4.69) is 18.0 Å². The van der Waals surface area contributed by atoms with Crippen LogP contribution in [0.3, 0.4) is 0 Å². The Hall–Kier alpha value is -2.33. The van der Waals surface area contributed by atoms with Crippen LogP contribution >= 0.6 is 11.3 Å². The van der Waals surface area contributed by atoms with Gasteiger partial charge in [-0.2, -0.15) is 0 Å². The van der Waals surface area contributed by atoms with Gasteiger partial charge < -0.3 is 8.83 Å². The highest BCUT2D eigenvalue weighted by molar-refractivity contribution is 7.13. The molecule has 0 atom stereocenters. The fraction of sp³-hybridized carbons (Fsp3) is 0.167. The van der Waals surface area contributed by atoms with Crippen LogP contribution in [0.1, 0.15) is 19.4 Å². The molecule has 0 bridgehead atoms. The van der Waals surface area contributed by atoms with Crippen LogP contribution in [0, 0.1) is 6.92 Å². The molecule has 0 spiro atoms.